The zero-order valence-corrected chi connectivity index (χ0v) is 19.6. The summed E-state index contributed by atoms with van der Waals surface area (Å²) in [4.78, 5) is 0. The van der Waals surface area contributed by atoms with Gasteiger partial charge in [0.25, 0.3) is 0 Å². The third-order valence-corrected chi connectivity index (χ3v) is 10.8. The van der Waals surface area contributed by atoms with Crippen LogP contribution < -0.4 is 5.73 Å². The van der Waals surface area contributed by atoms with Crippen LogP contribution in [0.25, 0.3) is 0 Å². The molecular formula is C27H47NO. The molecule has 29 heavy (non-hydrogen) atoms. The first kappa shape index (κ1) is 21.9. The Kier molecular flexibility index (Phi) is 6.01. The fraction of sp³-hybridized carbons (Fsp3) is 0.926. The van der Waals surface area contributed by atoms with E-state index >= 15 is 0 Å². The van der Waals surface area contributed by atoms with E-state index in [1.807, 2.05) is 0 Å². The highest BCUT2D eigenvalue weighted by atomic mass is 16.3. The molecular weight excluding hydrogens is 354 g/mol. The summed E-state index contributed by atoms with van der Waals surface area (Å²) in [6.07, 6.45) is 13.8. The predicted octanol–water partition coefficient (Wildman–Crippen LogP) is 6.33. The van der Waals surface area contributed by atoms with Gasteiger partial charge < -0.3 is 10.8 Å². The van der Waals surface area contributed by atoms with Crippen LogP contribution in [0.15, 0.2) is 12.2 Å². The van der Waals surface area contributed by atoms with Crippen molar-refractivity contribution in [1.29, 1.82) is 0 Å². The van der Waals surface area contributed by atoms with Crippen molar-refractivity contribution < 1.29 is 5.11 Å². The highest BCUT2D eigenvalue weighted by Gasteiger charge is 2.62. The Hall–Kier alpha value is -0.340. The smallest absolute Gasteiger partial charge is 0.0543 e. The van der Waals surface area contributed by atoms with E-state index in [2.05, 4.69) is 34.3 Å². The maximum Gasteiger partial charge on any atom is 0.0543 e. The third-order valence-electron chi connectivity index (χ3n) is 10.8. The van der Waals surface area contributed by atoms with Gasteiger partial charge in [-0.25, -0.2) is 0 Å². The average molecular weight is 402 g/mol. The molecule has 0 aliphatic heterocycles. The van der Waals surface area contributed by atoms with Gasteiger partial charge in [-0.15, -0.1) is 6.58 Å². The molecule has 0 aromatic carbocycles. The molecule has 0 saturated heterocycles. The van der Waals surface area contributed by atoms with E-state index < -0.39 is 0 Å². The van der Waals surface area contributed by atoms with Crippen LogP contribution in [0.3, 0.4) is 0 Å². The standard InChI is InChI=1S/C27H47NO/c1-17(2)7-6-8-18(3)21-9-10-22-25-23(12-14-27(21,22)5)26(4)13-11-20(29)15-19(26)16-24(25)28/h18-25,29H,1,6-16,28H2,2-5H3/t18-,19?,20+,21-,22+,23+,24-,25+,26+,27-/m1/s1. The molecule has 2 heteroatoms. The van der Waals surface area contributed by atoms with Gasteiger partial charge in [0.2, 0.25) is 0 Å². The van der Waals surface area contributed by atoms with Crippen LogP contribution in [-0.4, -0.2) is 17.3 Å². The molecule has 4 aliphatic carbocycles. The Bertz CT molecular complexity index is 616. The van der Waals surface area contributed by atoms with Crippen molar-refractivity contribution in [2.45, 2.75) is 110 Å². The summed E-state index contributed by atoms with van der Waals surface area (Å²) in [6.45, 7) is 14.0. The fourth-order valence-electron chi connectivity index (χ4n) is 9.20. The van der Waals surface area contributed by atoms with Crippen LogP contribution in [0.2, 0.25) is 0 Å². The number of nitrogens with two attached hydrogens (primary N) is 1. The molecule has 4 saturated carbocycles. The number of fused-ring (bicyclic) bond motifs is 5. The number of hydrogen-bond donors (Lipinski definition) is 2. The normalized spacial score (nSPS) is 50.3. The van der Waals surface area contributed by atoms with Crippen molar-refractivity contribution in [2.24, 2.45) is 52.1 Å². The number of rotatable bonds is 5. The van der Waals surface area contributed by atoms with Gasteiger partial charge in [-0.05, 0) is 117 Å². The minimum Gasteiger partial charge on any atom is -0.393 e. The average Bonchev–Trinajstić information content (AvgIpc) is 3.00. The molecule has 2 nitrogen and oxygen atoms in total. The summed E-state index contributed by atoms with van der Waals surface area (Å²) in [6, 6.07) is 0.352. The summed E-state index contributed by atoms with van der Waals surface area (Å²) < 4.78 is 0. The third kappa shape index (κ3) is 3.65. The maximum atomic E-state index is 10.3. The molecule has 0 radical (unpaired) electrons. The minimum atomic E-state index is -0.0819. The monoisotopic (exact) mass is 401 g/mol. The molecule has 3 N–H and O–H groups in total. The summed E-state index contributed by atoms with van der Waals surface area (Å²) in [5.74, 6) is 4.69. The molecule has 10 atom stereocenters. The number of aliphatic hydroxyl groups excluding tert-OH is 1. The first-order valence-corrected chi connectivity index (χ1v) is 12.7. The zero-order valence-electron chi connectivity index (χ0n) is 19.6. The molecule has 4 fully saturated rings. The first-order valence-electron chi connectivity index (χ1n) is 12.7. The van der Waals surface area contributed by atoms with E-state index in [4.69, 9.17) is 5.73 Å². The van der Waals surface area contributed by atoms with E-state index in [-0.39, 0.29) is 6.10 Å². The van der Waals surface area contributed by atoms with Crippen LogP contribution in [0, 0.1) is 46.3 Å². The minimum absolute atomic E-state index is 0.0819. The SMILES string of the molecule is C=C(C)CCC[C@@H](C)[C@H]1CC[C@H]2[C@@H]3[C@H](N)CC4C[C@@H](O)CC[C@]4(C)[C@H]3CC[C@]12C. The first-order chi connectivity index (χ1) is 13.7. The molecule has 0 spiro atoms. The highest BCUT2D eigenvalue weighted by Crippen LogP contribution is 2.68. The van der Waals surface area contributed by atoms with Crippen molar-refractivity contribution in [3.63, 3.8) is 0 Å². The van der Waals surface area contributed by atoms with Crippen molar-refractivity contribution in [1.82, 2.24) is 0 Å². The predicted molar refractivity (Wildman–Crippen MR) is 122 cm³/mol. The second-order valence-electron chi connectivity index (χ2n) is 12.4. The quantitative estimate of drug-likeness (QED) is 0.529. The van der Waals surface area contributed by atoms with E-state index in [0.29, 0.717) is 22.8 Å². The zero-order chi connectivity index (χ0) is 21.0. The maximum absolute atomic E-state index is 10.3. The van der Waals surface area contributed by atoms with Crippen molar-refractivity contribution in [3.05, 3.63) is 12.2 Å². The van der Waals surface area contributed by atoms with E-state index in [9.17, 15) is 5.11 Å². The van der Waals surface area contributed by atoms with Gasteiger partial charge in [0, 0.05) is 6.04 Å². The van der Waals surface area contributed by atoms with Crippen LogP contribution >= 0.6 is 0 Å². The Morgan fingerprint density at radius 3 is 2.48 bits per heavy atom. The fourth-order valence-corrected chi connectivity index (χ4v) is 9.20. The Morgan fingerprint density at radius 2 is 1.76 bits per heavy atom. The van der Waals surface area contributed by atoms with Crippen LogP contribution in [-0.2, 0) is 0 Å². The lowest BCUT2D eigenvalue weighted by Gasteiger charge is -2.63. The Morgan fingerprint density at radius 1 is 1.07 bits per heavy atom. The molecule has 0 amide bonds. The molecule has 166 valence electrons. The number of aliphatic hydroxyl groups is 1. The lowest BCUT2D eigenvalue weighted by Crippen LogP contribution is -2.60. The lowest BCUT2D eigenvalue weighted by molar-refractivity contribution is -0.136. The van der Waals surface area contributed by atoms with Gasteiger partial charge in [-0.1, -0.05) is 32.8 Å². The molecule has 0 aromatic rings. The molecule has 0 bridgehead atoms. The summed E-state index contributed by atoms with van der Waals surface area (Å²) >= 11 is 0. The number of hydrogen-bond acceptors (Lipinski definition) is 2. The summed E-state index contributed by atoms with van der Waals surface area (Å²) in [5, 5.41) is 10.3. The van der Waals surface area contributed by atoms with Crippen molar-refractivity contribution in [2.75, 3.05) is 0 Å². The van der Waals surface area contributed by atoms with E-state index in [0.717, 1.165) is 48.9 Å². The topological polar surface area (TPSA) is 46.2 Å². The van der Waals surface area contributed by atoms with Crippen molar-refractivity contribution in [3.8, 4) is 0 Å². The van der Waals surface area contributed by atoms with Gasteiger partial charge in [-0.3, -0.25) is 0 Å². The van der Waals surface area contributed by atoms with Crippen LogP contribution in [0.5, 0.6) is 0 Å². The summed E-state index contributed by atoms with van der Waals surface area (Å²) in [7, 11) is 0. The molecule has 4 rings (SSSR count). The Labute approximate surface area is 180 Å². The molecule has 1 unspecified atom stereocenters. The second kappa shape index (κ2) is 7.97. The van der Waals surface area contributed by atoms with E-state index in [1.165, 1.54) is 56.9 Å². The van der Waals surface area contributed by atoms with E-state index in [1.54, 1.807) is 0 Å². The summed E-state index contributed by atoms with van der Waals surface area (Å²) in [5.41, 5.74) is 9.22. The largest absolute Gasteiger partial charge is 0.393 e. The molecule has 0 aromatic heterocycles. The van der Waals surface area contributed by atoms with Crippen molar-refractivity contribution >= 4 is 0 Å². The van der Waals surface area contributed by atoms with Gasteiger partial charge in [0.05, 0.1) is 6.10 Å². The van der Waals surface area contributed by atoms with Gasteiger partial charge in [0.15, 0.2) is 0 Å². The van der Waals surface area contributed by atoms with Crippen LogP contribution in [0.1, 0.15) is 98.3 Å². The lowest BCUT2D eigenvalue weighted by atomic mass is 9.43. The Balaban J connectivity index is 1.51. The molecule has 0 heterocycles. The highest BCUT2D eigenvalue weighted by molar-refractivity contribution is 5.12. The van der Waals surface area contributed by atoms with Gasteiger partial charge in [0.1, 0.15) is 0 Å². The molecule has 4 aliphatic rings. The second-order valence-corrected chi connectivity index (χ2v) is 12.4. The van der Waals surface area contributed by atoms with Gasteiger partial charge in [-0.2, -0.15) is 0 Å². The number of allylic oxidation sites excluding steroid dienone is 1. The van der Waals surface area contributed by atoms with Crippen LogP contribution in [0.4, 0.5) is 0 Å². The van der Waals surface area contributed by atoms with Gasteiger partial charge >= 0.3 is 0 Å².